The van der Waals surface area contributed by atoms with Gasteiger partial charge in [-0.05, 0) is 42.0 Å². The van der Waals surface area contributed by atoms with Crippen LogP contribution in [0, 0.1) is 0 Å². The number of furan rings is 1. The van der Waals surface area contributed by atoms with Crippen LogP contribution < -0.4 is 5.32 Å². The number of nitrogens with one attached hydrogen (secondary N) is 1. The topological polar surface area (TPSA) is 85.3 Å². The molecule has 0 amide bonds. The minimum Gasteiger partial charge on any atom is -0.459 e. The quantitative estimate of drug-likeness (QED) is 0.476. The summed E-state index contributed by atoms with van der Waals surface area (Å²) in [5, 5.41) is 3.25. The highest BCUT2D eigenvalue weighted by Gasteiger charge is 2.29. The van der Waals surface area contributed by atoms with Gasteiger partial charge in [-0.3, -0.25) is 0 Å². The molecular weight excluding hydrogens is 400 g/mol. The first-order valence-corrected chi connectivity index (χ1v) is 10.2. The van der Waals surface area contributed by atoms with E-state index in [1.807, 2.05) is 30.3 Å². The predicted molar refractivity (Wildman–Crippen MR) is 105 cm³/mol. The Hall–Kier alpha value is -3.03. The van der Waals surface area contributed by atoms with Gasteiger partial charge < -0.3 is 14.2 Å². The molecule has 0 atom stereocenters. The third kappa shape index (κ3) is 3.67. The number of nitrogens with zero attached hydrogens (tertiary/aromatic N) is 1. The minimum absolute atomic E-state index is 0.0465. The van der Waals surface area contributed by atoms with E-state index in [1.165, 1.54) is 30.5 Å². The van der Waals surface area contributed by atoms with E-state index < -0.39 is 9.84 Å². The van der Waals surface area contributed by atoms with Crippen molar-refractivity contribution in [2.75, 3.05) is 5.32 Å². The van der Waals surface area contributed by atoms with Crippen LogP contribution in [0.15, 0.2) is 91.7 Å². The van der Waals surface area contributed by atoms with E-state index in [4.69, 9.17) is 20.4 Å². The van der Waals surface area contributed by atoms with Gasteiger partial charge in [-0.15, -0.1) is 0 Å². The summed E-state index contributed by atoms with van der Waals surface area (Å²) in [6.07, 6.45) is 1.46. The maximum Gasteiger partial charge on any atom is 0.266 e. The number of hydrogen-bond acceptors (Lipinski definition) is 6. The zero-order chi connectivity index (χ0) is 19.6. The summed E-state index contributed by atoms with van der Waals surface area (Å²) in [6.45, 7) is 0.372. The Balaban J connectivity index is 1.74. The fourth-order valence-corrected chi connectivity index (χ4v) is 4.01. The van der Waals surface area contributed by atoms with Gasteiger partial charge in [-0.2, -0.15) is 4.98 Å². The first-order valence-electron chi connectivity index (χ1n) is 8.37. The van der Waals surface area contributed by atoms with Crippen molar-refractivity contribution < 1.29 is 17.3 Å². The minimum atomic E-state index is -3.93. The van der Waals surface area contributed by atoms with Crippen LogP contribution in [0.3, 0.4) is 0 Å². The number of aromatic nitrogens is 1. The second-order valence-electron chi connectivity index (χ2n) is 5.93. The molecule has 0 aliphatic carbocycles. The van der Waals surface area contributed by atoms with Crippen LogP contribution in [0.5, 0.6) is 0 Å². The molecule has 4 rings (SSSR count). The number of benzene rings is 2. The second kappa shape index (κ2) is 7.53. The Labute approximate surface area is 166 Å². The Bertz CT molecular complexity index is 1170. The van der Waals surface area contributed by atoms with Crippen LogP contribution in [0.4, 0.5) is 5.88 Å². The van der Waals surface area contributed by atoms with E-state index in [0.29, 0.717) is 17.3 Å². The smallest absolute Gasteiger partial charge is 0.266 e. The van der Waals surface area contributed by atoms with Crippen molar-refractivity contribution in [2.45, 2.75) is 16.5 Å². The number of halogens is 1. The molecule has 0 unspecified atom stereocenters. The molecular formula is C20H15ClN2O4S. The molecule has 1 N–H and O–H groups in total. The van der Waals surface area contributed by atoms with Crippen molar-refractivity contribution in [1.29, 1.82) is 0 Å². The Morgan fingerprint density at radius 3 is 2.39 bits per heavy atom. The summed E-state index contributed by atoms with van der Waals surface area (Å²) in [5.41, 5.74) is 0.966. The molecule has 0 spiro atoms. The number of anilines is 1. The van der Waals surface area contributed by atoms with Crippen molar-refractivity contribution >= 4 is 27.3 Å². The summed E-state index contributed by atoms with van der Waals surface area (Å²) in [4.78, 5) is 4.26. The molecule has 8 heteroatoms. The fourth-order valence-electron chi connectivity index (χ4n) is 2.61. The molecule has 0 aliphatic heterocycles. The summed E-state index contributed by atoms with van der Waals surface area (Å²) >= 11 is 5.87. The van der Waals surface area contributed by atoms with Gasteiger partial charge in [-0.1, -0.05) is 41.9 Å². The summed E-state index contributed by atoms with van der Waals surface area (Å²) in [7, 11) is -3.93. The molecule has 2 aromatic carbocycles. The van der Waals surface area contributed by atoms with Gasteiger partial charge in [0, 0.05) is 11.6 Å². The van der Waals surface area contributed by atoms with E-state index in [2.05, 4.69) is 10.3 Å². The highest BCUT2D eigenvalue weighted by Crippen LogP contribution is 2.33. The maximum absolute atomic E-state index is 13.1. The third-order valence-corrected chi connectivity index (χ3v) is 5.93. The van der Waals surface area contributed by atoms with Crippen molar-refractivity contribution in [1.82, 2.24) is 4.98 Å². The van der Waals surface area contributed by atoms with Gasteiger partial charge >= 0.3 is 0 Å². The van der Waals surface area contributed by atoms with Crippen molar-refractivity contribution in [3.8, 4) is 11.7 Å². The van der Waals surface area contributed by atoms with Gasteiger partial charge in [0.05, 0.1) is 11.2 Å². The number of oxazole rings is 1. The van der Waals surface area contributed by atoms with E-state index in [-0.39, 0.29) is 21.7 Å². The predicted octanol–water partition coefficient (Wildman–Crippen LogP) is 5.03. The third-order valence-electron chi connectivity index (χ3n) is 4.00. The second-order valence-corrected chi connectivity index (χ2v) is 8.23. The summed E-state index contributed by atoms with van der Waals surface area (Å²) in [6, 6.07) is 18.7. The largest absolute Gasteiger partial charge is 0.459 e. The number of hydrogen-bond donors (Lipinski definition) is 1. The number of sulfone groups is 1. The zero-order valence-corrected chi connectivity index (χ0v) is 16.1. The van der Waals surface area contributed by atoms with Gasteiger partial charge in [0.25, 0.3) is 5.89 Å². The average Bonchev–Trinajstić information content (AvgIpc) is 3.37. The maximum atomic E-state index is 13.1. The van der Waals surface area contributed by atoms with Gasteiger partial charge in [0.2, 0.25) is 20.7 Å². The summed E-state index contributed by atoms with van der Waals surface area (Å²) < 4.78 is 37.2. The van der Waals surface area contributed by atoms with E-state index >= 15 is 0 Å². The zero-order valence-electron chi connectivity index (χ0n) is 14.5. The first-order chi connectivity index (χ1) is 13.5. The Morgan fingerprint density at radius 1 is 0.964 bits per heavy atom. The van der Waals surface area contributed by atoms with Crippen LogP contribution in [-0.2, 0) is 16.4 Å². The first kappa shape index (κ1) is 18.3. The molecule has 0 bridgehead atoms. The highest BCUT2D eigenvalue weighted by molar-refractivity contribution is 7.91. The van der Waals surface area contributed by atoms with Crippen LogP contribution in [0.25, 0.3) is 11.7 Å². The average molecular weight is 415 g/mol. The monoisotopic (exact) mass is 414 g/mol. The molecule has 6 nitrogen and oxygen atoms in total. The molecule has 0 aliphatic rings. The van der Waals surface area contributed by atoms with Gasteiger partial charge in [0.15, 0.2) is 5.76 Å². The molecule has 2 heterocycles. The molecule has 0 fully saturated rings. The van der Waals surface area contributed by atoms with Crippen LogP contribution in [0.2, 0.25) is 5.02 Å². The molecule has 142 valence electrons. The standard InChI is InChI=1S/C20H15ClN2O4S/c21-15-8-10-16(11-9-15)28(24,25)20-19(22-13-14-5-2-1-3-6-14)27-18(23-20)17-7-4-12-26-17/h1-12,22H,13H2. The molecule has 28 heavy (non-hydrogen) atoms. The molecule has 4 aromatic rings. The van der Waals surface area contributed by atoms with Crippen LogP contribution in [0.1, 0.15) is 5.56 Å². The van der Waals surface area contributed by atoms with Gasteiger partial charge in [0.1, 0.15) is 0 Å². The Morgan fingerprint density at radius 2 is 1.71 bits per heavy atom. The summed E-state index contributed by atoms with van der Waals surface area (Å²) in [5.74, 6) is 0.457. The lowest BCUT2D eigenvalue weighted by atomic mass is 10.2. The highest BCUT2D eigenvalue weighted by atomic mass is 35.5. The lowest BCUT2D eigenvalue weighted by Crippen LogP contribution is -2.07. The fraction of sp³-hybridized carbons (Fsp3) is 0.0500. The molecule has 2 aromatic heterocycles. The molecule has 0 radical (unpaired) electrons. The van der Waals surface area contributed by atoms with Crippen LogP contribution in [-0.4, -0.2) is 13.4 Å². The van der Waals surface area contributed by atoms with E-state index in [1.54, 1.807) is 12.1 Å². The van der Waals surface area contributed by atoms with Crippen molar-refractivity contribution in [3.63, 3.8) is 0 Å². The van der Waals surface area contributed by atoms with E-state index in [9.17, 15) is 8.42 Å². The van der Waals surface area contributed by atoms with Crippen molar-refractivity contribution in [3.05, 3.63) is 83.6 Å². The van der Waals surface area contributed by atoms with Crippen molar-refractivity contribution in [2.24, 2.45) is 0 Å². The SMILES string of the molecule is O=S(=O)(c1ccc(Cl)cc1)c1nc(-c2ccco2)oc1NCc1ccccc1. The van der Waals surface area contributed by atoms with Crippen LogP contribution >= 0.6 is 11.6 Å². The molecule has 0 saturated heterocycles. The normalized spacial score (nSPS) is 11.5. The Kier molecular flexibility index (Phi) is 4.93. The molecule has 0 saturated carbocycles. The lowest BCUT2D eigenvalue weighted by Gasteiger charge is -2.06. The number of rotatable bonds is 6. The lowest BCUT2D eigenvalue weighted by molar-refractivity contribution is 0.522. The van der Waals surface area contributed by atoms with Gasteiger partial charge in [-0.25, -0.2) is 8.42 Å². The van der Waals surface area contributed by atoms with E-state index in [0.717, 1.165) is 5.56 Å².